The fourth-order valence-electron chi connectivity index (χ4n) is 1.45. The normalized spacial score (nSPS) is 11.3. The molecule has 0 unspecified atom stereocenters. The van der Waals surface area contributed by atoms with Crippen molar-refractivity contribution in [3.8, 4) is 0 Å². The van der Waals surface area contributed by atoms with Crippen LogP contribution in [0.25, 0.3) is 0 Å². The lowest BCUT2D eigenvalue weighted by molar-refractivity contribution is -0.113. The topological polar surface area (TPSA) is 99.1 Å². The summed E-state index contributed by atoms with van der Waals surface area (Å²) >= 11 is 0. The van der Waals surface area contributed by atoms with Gasteiger partial charge in [-0.2, -0.15) is 0 Å². The smallest absolute Gasteiger partial charge is 0.281 e. The fourth-order valence-corrected chi connectivity index (χ4v) is 1.45. The molecule has 0 radical (unpaired) electrons. The Hall–Kier alpha value is -2.70. The maximum atomic E-state index is 11.8. The molecule has 1 aromatic rings. The molecule has 1 rings (SSSR count). The minimum Gasteiger partial charge on any atom is -0.510 e. The van der Waals surface area contributed by atoms with E-state index in [1.54, 1.807) is 32.3 Å². The van der Waals surface area contributed by atoms with E-state index in [0.29, 0.717) is 11.3 Å². The van der Waals surface area contributed by atoms with Crippen molar-refractivity contribution >= 4 is 17.5 Å². The Labute approximate surface area is 115 Å². The van der Waals surface area contributed by atoms with Crippen LogP contribution >= 0.6 is 0 Å². The Morgan fingerprint density at radius 3 is 2.45 bits per heavy atom. The molecule has 0 saturated heterocycles. The van der Waals surface area contributed by atoms with Crippen LogP contribution in [0.5, 0.6) is 0 Å². The molecule has 7 nitrogen and oxygen atoms in total. The molecular formula is C13H15N3O4. The quantitative estimate of drug-likeness (QED) is 0.498. The van der Waals surface area contributed by atoms with Crippen molar-refractivity contribution in [1.82, 2.24) is 4.90 Å². The van der Waals surface area contributed by atoms with Crippen molar-refractivity contribution < 1.29 is 14.7 Å². The Morgan fingerprint density at radius 1 is 1.30 bits per heavy atom. The van der Waals surface area contributed by atoms with Crippen LogP contribution < -0.4 is 5.32 Å². The van der Waals surface area contributed by atoms with Gasteiger partial charge in [0.25, 0.3) is 11.8 Å². The second-order valence-electron chi connectivity index (χ2n) is 4.26. The van der Waals surface area contributed by atoms with Crippen LogP contribution in [0.2, 0.25) is 0 Å². The summed E-state index contributed by atoms with van der Waals surface area (Å²) in [6.07, 6.45) is 0. The van der Waals surface area contributed by atoms with Crippen molar-refractivity contribution in [2.75, 3.05) is 19.4 Å². The maximum absolute atomic E-state index is 11.8. The van der Waals surface area contributed by atoms with Gasteiger partial charge in [0, 0.05) is 25.3 Å². The molecule has 2 N–H and O–H groups in total. The Bertz CT molecular complexity index is 575. The van der Waals surface area contributed by atoms with Crippen LogP contribution in [0.4, 0.5) is 5.69 Å². The van der Waals surface area contributed by atoms with Gasteiger partial charge in [-0.3, -0.25) is 9.59 Å². The Morgan fingerprint density at radius 2 is 1.95 bits per heavy atom. The van der Waals surface area contributed by atoms with E-state index in [9.17, 15) is 14.5 Å². The minimum atomic E-state index is -0.838. The largest absolute Gasteiger partial charge is 0.510 e. The summed E-state index contributed by atoms with van der Waals surface area (Å²) in [5, 5.41) is 14.0. The predicted molar refractivity (Wildman–Crippen MR) is 74.2 cm³/mol. The first kappa shape index (κ1) is 15.4. The lowest BCUT2D eigenvalue weighted by Crippen LogP contribution is -2.22. The summed E-state index contributed by atoms with van der Waals surface area (Å²) in [5.74, 6) is -1.53. The summed E-state index contributed by atoms with van der Waals surface area (Å²) < 4.78 is 0. The molecule has 2 amide bonds. The van der Waals surface area contributed by atoms with Gasteiger partial charge in [0.05, 0.1) is 0 Å². The van der Waals surface area contributed by atoms with Crippen LogP contribution in [0.15, 0.2) is 40.9 Å². The second-order valence-corrected chi connectivity index (χ2v) is 4.26. The van der Waals surface area contributed by atoms with Crippen LogP contribution in [0, 0.1) is 4.91 Å². The van der Waals surface area contributed by atoms with Crippen LogP contribution in [0.1, 0.15) is 17.3 Å². The highest BCUT2D eigenvalue weighted by molar-refractivity contribution is 6.04. The Balaban J connectivity index is 2.98. The average Bonchev–Trinajstić information content (AvgIpc) is 2.38. The highest BCUT2D eigenvalue weighted by Gasteiger charge is 2.15. The third kappa shape index (κ3) is 3.64. The first-order valence-corrected chi connectivity index (χ1v) is 5.73. The minimum absolute atomic E-state index is 0.219. The zero-order valence-corrected chi connectivity index (χ0v) is 11.4. The highest BCUT2D eigenvalue weighted by Crippen LogP contribution is 2.14. The van der Waals surface area contributed by atoms with Crippen LogP contribution in [0.3, 0.4) is 0 Å². The number of benzene rings is 1. The average molecular weight is 277 g/mol. The maximum Gasteiger partial charge on any atom is 0.281 e. The third-order valence-corrected chi connectivity index (χ3v) is 2.42. The lowest BCUT2D eigenvalue weighted by atomic mass is 10.2. The van der Waals surface area contributed by atoms with E-state index in [1.165, 1.54) is 17.9 Å². The summed E-state index contributed by atoms with van der Waals surface area (Å²) in [4.78, 5) is 35.3. The zero-order chi connectivity index (χ0) is 15.3. The highest BCUT2D eigenvalue weighted by atomic mass is 16.3. The van der Waals surface area contributed by atoms with Crippen molar-refractivity contribution in [2.45, 2.75) is 6.92 Å². The number of carbonyl (C=O) groups excluding carboxylic acids is 2. The predicted octanol–water partition coefficient (Wildman–Crippen LogP) is 1.88. The standard InChI is InChI=1S/C13H15N3O4/c1-8(17)11(15-20)12(18)14-10-6-4-5-9(7-10)13(19)16(2)3/h4-7,17H,1-3H3,(H,14,18)/b11-8+. The van der Waals surface area contributed by atoms with E-state index in [2.05, 4.69) is 10.5 Å². The van der Waals surface area contributed by atoms with Crippen molar-refractivity contribution in [3.05, 3.63) is 46.2 Å². The molecule has 1 aromatic carbocycles. The molecule has 0 aromatic heterocycles. The van der Waals surface area contributed by atoms with Gasteiger partial charge in [-0.25, -0.2) is 0 Å². The van der Waals surface area contributed by atoms with E-state index in [-0.39, 0.29) is 5.91 Å². The number of nitroso groups, excluding NO2 is 1. The number of rotatable bonds is 4. The van der Waals surface area contributed by atoms with Gasteiger partial charge >= 0.3 is 0 Å². The fraction of sp³-hybridized carbons (Fsp3) is 0.231. The van der Waals surface area contributed by atoms with Gasteiger partial charge in [0.1, 0.15) is 5.76 Å². The number of aliphatic hydroxyl groups excluding tert-OH is 1. The zero-order valence-electron chi connectivity index (χ0n) is 11.4. The van der Waals surface area contributed by atoms with Gasteiger partial charge in [0.2, 0.25) is 5.70 Å². The second kappa shape index (κ2) is 6.46. The number of aliphatic hydroxyl groups is 1. The summed E-state index contributed by atoms with van der Waals surface area (Å²) in [6, 6.07) is 6.22. The summed E-state index contributed by atoms with van der Waals surface area (Å²) in [6.45, 7) is 1.18. The molecule has 0 saturated carbocycles. The van der Waals surface area contributed by atoms with Crippen LogP contribution in [-0.2, 0) is 4.79 Å². The molecule has 0 aliphatic heterocycles. The third-order valence-electron chi connectivity index (χ3n) is 2.42. The molecular weight excluding hydrogens is 262 g/mol. The number of hydrogen-bond donors (Lipinski definition) is 2. The van der Waals surface area contributed by atoms with Crippen molar-refractivity contribution in [1.29, 1.82) is 0 Å². The van der Waals surface area contributed by atoms with E-state index in [1.807, 2.05) is 0 Å². The molecule has 7 heteroatoms. The van der Waals surface area contributed by atoms with Gasteiger partial charge < -0.3 is 15.3 Å². The summed E-state index contributed by atoms with van der Waals surface area (Å²) in [5.41, 5.74) is 0.109. The van der Waals surface area contributed by atoms with Crippen LogP contribution in [-0.4, -0.2) is 35.9 Å². The molecule has 0 atom stereocenters. The molecule has 0 heterocycles. The molecule has 106 valence electrons. The van der Waals surface area contributed by atoms with E-state index >= 15 is 0 Å². The lowest BCUT2D eigenvalue weighted by Gasteiger charge is -2.11. The number of allylic oxidation sites excluding steroid dienone is 1. The number of nitrogens with one attached hydrogen (secondary N) is 1. The van der Waals surface area contributed by atoms with Gasteiger partial charge in [0.15, 0.2) is 0 Å². The van der Waals surface area contributed by atoms with E-state index in [0.717, 1.165) is 0 Å². The van der Waals surface area contributed by atoms with Crippen molar-refractivity contribution in [3.63, 3.8) is 0 Å². The molecule has 0 spiro atoms. The van der Waals surface area contributed by atoms with Gasteiger partial charge in [-0.15, -0.1) is 4.91 Å². The molecule has 0 aliphatic rings. The first-order chi connectivity index (χ1) is 9.36. The number of nitrogens with zero attached hydrogens (tertiary/aromatic N) is 2. The molecule has 0 aliphatic carbocycles. The van der Waals surface area contributed by atoms with Crippen molar-refractivity contribution in [2.24, 2.45) is 5.18 Å². The number of amides is 2. The van der Waals surface area contributed by atoms with E-state index < -0.39 is 17.4 Å². The molecule has 20 heavy (non-hydrogen) atoms. The Kier molecular flexibility index (Phi) is 4.96. The van der Waals surface area contributed by atoms with Gasteiger partial charge in [-0.05, 0) is 30.3 Å². The first-order valence-electron chi connectivity index (χ1n) is 5.73. The van der Waals surface area contributed by atoms with Gasteiger partial charge in [-0.1, -0.05) is 6.07 Å². The summed E-state index contributed by atoms with van der Waals surface area (Å²) in [7, 11) is 3.22. The molecule has 0 fully saturated rings. The number of carbonyl (C=O) groups is 2. The van der Waals surface area contributed by atoms with E-state index in [4.69, 9.17) is 5.11 Å². The SMILES string of the molecule is C/C(O)=C(\N=O)C(=O)Nc1cccc(C(=O)N(C)C)c1. The number of hydrogen-bond acceptors (Lipinski definition) is 5. The molecule has 0 bridgehead atoms. The number of anilines is 1. The monoisotopic (exact) mass is 277 g/mol.